The van der Waals surface area contributed by atoms with E-state index in [0.29, 0.717) is 35.6 Å². The van der Waals surface area contributed by atoms with Crippen LogP contribution >= 0.6 is 0 Å². The number of aromatic nitrogens is 3. The topological polar surface area (TPSA) is 69.4 Å². The molecular formula is C26H24N4O3. The number of rotatable bonds is 4. The monoisotopic (exact) mass is 440 g/mol. The van der Waals surface area contributed by atoms with E-state index in [1.807, 2.05) is 59.3 Å². The van der Waals surface area contributed by atoms with Gasteiger partial charge in [0, 0.05) is 37.8 Å². The average molecular weight is 441 g/mol. The molecule has 0 aromatic heterocycles. The zero-order chi connectivity index (χ0) is 22.4. The number of nitrogens with zero attached hydrogens (tertiary/aromatic N) is 4. The van der Waals surface area contributed by atoms with Gasteiger partial charge in [0.2, 0.25) is 0 Å². The fraction of sp³-hybridized carbons (Fsp3) is 0.269. The highest BCUT2D eigenvalue weighted by molar-refractivity contribution is 6.10. The molecule has 7 nitrogen and oxygen atoms in total. The van der Waals surface area contributed by atoms with Crippen molar-refractivity contribution in [2.24, 2.45) is 0 Å². The average Bonchev–Trinajstić information content (AvgIpc) is 3.59. The van der Waals surface area contributed by atoms with Gasteiger partial charge in [-0.05, 0) is 43.0 Å². The first-order chi connectivity index (χ1) is 16.2. The minimum Gasteiger partial charge on any atom is -0.376 e. The maximum absolute atomic E-state index is 13.8. The highest BCUT2D eigenvalue weighted by Gasteiger charge is 2.31. The summed E-state index contributed by atoms with van der Waals surface area (Å²) >= 11 is 0. The summed E-state index contributed by atoms with van der Waals surface area (Å²) in [6.07, 6.45) is 6.54. The van der Waals surface area contributed by atoms with Crippen LogP contribution in [0.3, 0.4) is 0 Å². The lowest BCUT2D eigenvalue weighted by Gasteiger charge is -2.20. The number of carbonyl (C=O) groups excluding carboxylic acids is 1. The summed E-state index contributed by atoms with van der Waals surface area (Å²) in [4.78, 5) is 28.9. The van der Waals surface area contributed by atoms with E-state index in [9.17, 15) is 9.59 Å². The molecule has 33 heavy (non-hydrogen) atoms. The van der Waals surface area contributed by atoms with Crippen molar-refractivity contribution in [1.29, 1.82) is 0 Å². The highest BCUT2D eigenvalue weighted by Crippen LogP contribution is 2.31. The summed E-state index contributed by atoms with van der Waals surface area (Å²) in [5.41, 5.74) is 3.84. The first kappa shape index (κ1) is 19.9. The van der Waals surface area contributed by atoms with Gasteiger partial charge in [0.05, 0.1) is 22.9 Å². The second-order valence-electron chi connectivity index (χ2n) is 8.65. The molecule has 0 unspecified atom stereocenters. The molecule has 2 aromatic rings. The first-order valence-corrected chi connectivity index (χ1v) is 11.4. The molecule has 1 saturated heterocycles. The van der Waals surface area contributed by atoms with Crippen molar-refractivity contribution in [2.45, 2.75) is 31.9 Å². The number of pyridine rings is 1. The zero-order valence-corrected chi connectivity index (χ0v) is 18.2. The Kier molecular flexibility index (Phi) is 4.84. The van der Waals surface area contributed by atoms with Gasteiger partial charge in [-0.15, -0.1) is 0 Å². The number of hydrogen-bond acceptors (Lipinski definition) is 4. The Hall–Kier alpha value is -3.71. The summed E-state index contributed by atoms with van der Waals surface area (Å²) in [6.45, 7) is 1.97. The van der Waals surface area contributed by atoms with Gasteiger partial charge in [0.25, 0.3) is 11.5 Å². The summed E-state index contributed by atoms with van der Waals surface area (Å²) in [7, 11) is 0. The fourth-order valence-electron chi connectivity index (χ4n) is 4.88. The third-order valence-corrected chi connectivity index (χ3v) is 6.52. The van der Waals surface area contributed by atoms with Crippen LogP contribution < -0.4 is 10.5 Å². The fourth-order valence-corrected chi connectivity index (χ4v) is 4.88. The zero-order valence-electron chi connectivity index (χ0n) is 18.2. The number of para-hydroxylation sites is 2. The van der Waals surface area contributed by atoms with Crippen LogP contribution in [0.5, 0.6) is 0 Å². The second-order valence-corrected chi connectivity index (χ2v) is 8.65. The van der Waals surface area contributed by atoms with Gasteiger partial charge < -0.3 is 14.2 Å². The minimum absolute atomic E-state index is 0.0854. The van der Waals surface area contributed by atoms with E-state index >= 15 is 0 Å². The molecule has 4 aliphatic rings. The van der Waals surface area contributed by atoms with Crippen molar-refractivity contribution in [3.63, 3.8) is 0 Å². The van der Waals surface area contributed by atoms with Crippen molar-refractivity contribution in [3.05, 3.63) is 88.5 Å². The molecule has 1 amide bonds. The molecule has 166 valence electrons. The van der Waals surface area contributed by atoms with Gasteiger partial charge in [-0.1, -0.05) is 36.4 Å². The Morgan fingerprint density at radius 3 is 2.70 bits per heavy atom. The standard InChI is InChI=1S/C26H24N4O3/c31-25(29-13-12-18-7-4-5-11-23(18)29)21-16-28(15-20-10-6-14-33-20)17-22-24(21)27-30(26(22)32)19-8-2-1-3-9-19/h1-5,7-9,11,16-17,20H,6,10,12-15H2/t20-/m1/s1. The van der Waals surface area contributed by atoms with E-state index in [1.165, 1.54) is 4.68 Å². The number of ether oxygens (including phenoxy) is 1. The summed E-state index contributed by atoms with van der Waals surface area (Å²) in [5, 5.41) is 4.62. The van der Waals surface area contributed by atoms with Crippen molar-refractivity contribution in [2.75, 3.05) is 18.1 Å². The molecule has 0 saturated carbocycles. The van der Waals surface area contributed by atoms with Crippen LogP contribution in [0.1, 0.15) is 28.8 Å². The predicted molar refractivity (Wildman–Crippen MR) is 125 cm³/mol. The molecule has 1 fully saturated rings. The van der Waals surface area contributed by atoms with Gasteiger partial charge >= 0.3 is 0 Å². The third-order valence-electron chi connectivity index (χ3n) is 6.52. The molecular weight excluding hydrogens is 416 g/mol. The van der Waals surface area contributed by atoms with Crippen molar-refractivity contribution in [1.82, 2.24) is 14.3 Å². The van der Waals surface area contributed by atoms with Gasteiger partial charge in [-0.2, -0.15) is 9.78 Å². The van der Waals surface area contributed by atoms with Gasteiger partial charge in [0.1, 0.15) is 5.69 Å². The Bertz CT molecular complexity index is 1350. The number of fused-ring (bicyclic) bond motifs is 2. The van der Waals surface area contributed by atoms with E-state index in [0.717, 1.165) is 37.1 Å². The molecule has 0 aliphatic carbocycles. The summed E-state index contributed by atoms with van der Waals surface area (Å²) < 4.78 is 9.11. The van der Waals surface area contributed by atoms with Gasteiger partial charge in [-0.3, -0.25) is 9.59 Å². The number of anilines is 1. The van der Waals surface area contributed by atoms with Crippen LogP contribution in [0, 0.1) is 0 Å². The Morgan fingerprint density at radius 2 is 1.88 bits per heavy atom. The lowest BCUT2D eigenvalue weighted by Crippen LogP contribution is -2.30. The Morgan fingerprint density at radius 1 is 1.06 bits per heavy atom. The van der Waals surface area contributed by atoms with E-state index < -0.39 is 0 Å². The summed E-state index contributed by atoms with van der Waals surface area (Å²) in [5.74, 6) is -0.135. The highest BCUT2D eigenvalue weighted by atomic mass is 16.5. The predicted octanol–water partition coefficient (Wildman–Crippen LogP) is 3.52. The van der Waals surface area contributed by atoms with E-state index in [1.54, 1.807) is 11.1 Å². The van der Waals surface area contributed by atoms with Crippen LogP contribution in [0.2, 0.25) is 0 Å². The number of carbonyl (C=O) groups is 1. The largest absolute Gasteiger partial charge is 0.376 e. The number of hydrogen-bond donors (Lipinski definition) is 0. The number of amides is 1. The van der Waals surface area contributed by atoms with E-state index in [-0.39, 0.29) is 17.6 Å². The maximum atomic E-state index is 13.8. The van der Waals surface area contributed by atoms with Crippen LogP contribution in [0.4, 0.5) is 5.69 Å². The van der Waals surface area contributed by atoms with Gasteiger partial charge in [-0.25, -0.2) is 0 Å². The normalized spacial score (nSPS) is 17.6. The van der Waals surface area contributed by atoms with Crippen molar-refractivity contribution >= 4 is 11.6 Å². The van der Waals surface area contributed by atoms with Crippen molar-refractivity contribution in [3.8, 4) is 16.9 Å². The molecule has 0 spiro atoms. The maximum Gasteiger partial charge on any atom is 0.282 e. The molecule has 4 aliphatic heterocycles. The van der Waals surface area contributed by atoms with Crippen LogP contribution in [0.15, 0.2) is 71.8 Å². The lowest BCUT2D eigenvalue weighted by atomic mass is 10.1. The van der Waals surface area contributed by atoms with Crippen LogP contribution in [0.25, 0.3) is 16.9 Å². The first-order valence-electron chi connectivity index (χ1n) is 11.4. The quantitative estimate of drug-likeness (QED) is 0.487. The third kappa shape index (κ3) is 3.45. The molecule has 0 bridgehead atoms. The van der Waals surface area contributed by atoms with Crippen LogP contribution in [-0.2, 0) is 17.7 Å². The van der Waals surface area contributed by atoms with Crippen molar-refractivity contribution < 1.29 is 9.53 Å². The van der Waals surface area contributed by atoms with E-state index in [2.05, 4.69) is 11.2 Å². The molecule has 4 heterocycles. The molecule has 1 atom stereocenters. The molecule has 2 aromatic carbocycles. The number of benzene rings is 2. The smallest absolute Gasteiger partial charge is 0.282 e. The SMILES string of the molecule is O=C(c1cn(C[C@H]2CCCO2)cc2c(=O)n(-c3ccccc3)nc1-2)N1CCc2ccccc21. The van der Waals surface area contributed by atoms with Gasteiger partial charge in [0.15, 0.2) is 0 Å². The van der Waals surface area contributed by atoms with Crippen LogP contribution in [-0.4, -0.2) is 39.5 Å². The minimum atomic E-state index is -0.228. The molecule has 0 N–H and O–H groups in total. The Labute approximate surface area is 191 Å². The van der Waals surface area contributed by atoms with E-state index in [4.69, 9.17) is 4.74 Å². The molecule has 7 heteroatoms. The molecule has 0 radical (unpaired) electrons. The lowest BCUT2D eigenvalue weighted by molar-refractivity contribution is 0.0955. The summed E-state index contributed by atoms with van der Waals surface area (Å²) in [6, 6.07) is 17.3. The second kappa shape index (κ2) is 8.01. The molecule has 6 rings (SSSR count). The Balaban J connectivity index is 1.49.